The van der Waals surface area contributed by atoms with Gasteiger partial charge in [0.05, 0.1) is 11.2 Å². The molecule has 0 aliphatic carbocycles. The zero-order valence-corrected chi connectivity index (χ0v) is 13.1. The second-order valence-corrected chi connectivity index (χ2v) is 5.57. The Morgan fingerprint density at radius 1 is 1.30 bits per heavy atom. The van der Waals surface area contributed by atoms with Gasteiger partial charge in [0, 0.05) is 6.54 Å². The lowest BCUT2D eigenvalue weighted by Crippen LogP contribution is -2.47. The van der Waals surface area contributed by atoms with E-state index in [0.717, 1.165) is 24.1 Å². The molecule has 0 radical (unpaired) electrons. The van der Waals surface area contributed by atoms with E-state index >= 15 is 0 Å². The zero-order valence-electron chi connectivity index (χ0n) is 13.1. The van der Waals surface area contributed by atoms with Crippen LogP contribution in [0.4, 0.5) is 5.82 Å². The van der Waals surface area contributed by atoms with Crippen molar-refractivity contribution in [3.8, 4) is 6.07 Å². The Labute approximate surface area is 121 Å². The van der Waals surface area contributed by atoms with Crippen molar-refractivity contribution in [2.45, 2.75) is 53.0 Å². The average molecular weight is 275 g/mol. The SMILES string of the molecule is CCc1nnc(NC(C)(CN)C(C)C)c(C#N)c1CC. The second-order valence-electron chi connectivity index (χ2n) is 5.57. The monoisotopic (exact) mass is 275 g/mol. The highest BCUT2D eigenvalue weighted by atomic mass is 15.2. The predicted molar refractivity (Wildman–Crippen MR) is 81.4 cm³/mol. The lowest BCUT2D eigenvalue weighted by Gasteiger charge is -2.34. The highest BCUT2D eigenvalue weighted by Crippen LogP contribution is 2.25. The van der Waals surface area contributed by atoms with Crippen molar-refractivity contribution < 1.29 is 0 Å². The molecular formula is C15H25N5. The van der Waals surface area contributed by atoms with E-state index in [9.17, 15) is 5.26 Å². The number of aromatic nitrogens is 2. The third-order valence-corrected chi connectivity index (χ3v) is 4.06. The summed E-state index contributed by atoms with van der Waals surface area (Å²) in [6.07, 6.45) is 1.56. The molecule has 5 nitrogen and oxygen atoms in total. The lowest BCUT2D eigenvalue weighted by molar-refractivity contribution is 0.381. The maximum Gasteiger partial charge on any atom is 0.167 e. The molecule has 1 atom stereocenters. The summed E-state index contributed by atoms with van der Waals surface area (Å²) in [6.45, 7) is 10.8. The van der Waals surface area contributed by atoms with Gasteiger partial charge in [0.15, 0.2) is 5.82 Å². The van der Waals surface area contributed by atoms with Crippen LogP contribution in [0.5, 0.6) is 0 Å². The third kappa shape index (κ3) is 3.07. The van der Waals surface area contributed by atoms with Crippen LogP contribution in [0.3, 0.4) is 0 Å². The first-order chi connectivity index (χ1) is 9.43. The Hall–Kier alpha value is -1.67. The highest BCUT2D eigenvalue weighted by Gasteiger charge is 2.29. The van der Waals surface area contributed by atoms with E-state index in [-0.39, 0.29) is 5.54 Å². The van der Waals surface area contributed by atoms with Gasteiger partial charge in [0.2, 0.25) is 0 Å². The normalized spacial score (nSPS) is 13.9. The quantitative estimate of drug-likeness (QED) is 0.831. The van der Waals surface area contributed by atoms with Gasteiger partial charge in [-0.3, -0.25) is 0 Å². The van der Waals surface area contributed by atoms with Crippen LogP contribution in [0.25, 0.3) is 0 Å². The van der Waals surface area contributed by atoms with Crippen LogP contribution >= 0.6 is 0 Å². The molecule has 0 saturated carbocycles. The van der Waals surface area contributed by atoms with Crippen LogP contribution in [0.1, 0.15) is 51.4 Å². The zero-order chi connectivity index (χ0) is 15.3. The van der Waals surface area contributed by atoms with Gasteiger partial charge in [0.1, 0.15) is 11.6 Å². The van der Waals surface area contributed by atoms with Crippen molar-refractivity contribution in [3.05, 3.63) is 16.8 Å². The number of nitrogens with two attached hydrogens (primary N) is 1. The van der Waals surface area contributed by atoms with Gasteiger partial charge >= 0.3 is 0 Å². The molecule has 1 aromatic heterocycles. The van der Waals surface area contributed by atoms with Gasteiger partial charge < -0.3 is 11.1 Å². The molecular weight excluding hydrogens is 250 g/mol. The van der Waals surface area contributed by atoms with Crippen LogP contribution in [-0.4, -0.2) is 22.3 Å². The fourth-order valence-electron chi connectivity index (χ4n) is 2.08. The van der Waals surface area contributed by atoms with Gasteiger partial charge in [-0.25, -0.2) is 0 Å². The van der Waals surface area contributed by atoms with Gasteiger partial charge in [-0.1, -0.05) is 27.7 Å². The number of hydrogen-bond donors (Lipinski definition) is 2. The number of hydrogen-bond acceptors (Lipinski definition) is 5. The summed E-state index contributed by atoms with van der Waals surface area (Å²) in [5, 5.41) is 21.3. The number of nitriles is 1. The van der Waals surface area contributed by atoms with E-state index in [2.05, 4.69) is 35.4 Å². The molecule has 3 N–H and O–H groups in total. The number of rotatable bonds is 6. The topological polar surface area (TPSA) is 87.6 Å². The molecule has 1 rings (SSSR count). The second kappa shape index (κ2) is 6.67. The summed E-state index contributed by atoms with van der Waals surface area (Å²) in [7, 11) is 0. The molecule has 0 saturated heterocycles. The number of nitrogens with zero attached hydrogens (tertiary/aromatic N) is 3. The maximum absolute atomic E-state index is 9.47. The van der Waals surface area contributed by atoms with Crippen LogP contribution in [0.15, 0.2) is 0 Å². The summed E-state index contributed by atoms with van der Waals surface area (Å²) in [6, 6.07) is 2.27. The van der Waals surface area contributed by atoms with E-state index in [1.54, 1.807) is 0 Å². The fourth-order valence-corrected chi connectivity index (χ4v) is 2.08. The molecule has 110 valence electrons. The van der Waals surface area contributed by atoms with Crippen LogP contribution in [0.2, 0.25) is 0 Å². The summed E-state index contributed by atoms with van der Waals surface area (Å²) >= 11 is 0. The lowest BCUT2D eigenvalue weighted by atomic mass is 9.88. The Morgan fingerprint density at radius 2 is 1.95 bits per heavy atom. The average Bonchev–Trinajstić information content (AvgIpc) is 2.45. The summed E-state index contributed by atoms with van der Waals surface area (Å²) in [5.41, 5.74) is 8.05. The molecule has 1 heterocycles. The minimum Gasteiger partial charge on any atom is -0.361 e. The standard InChI is InChI=1S/C15H25N5/c1-6-11-12(8-16)14(20-19-13(11)7-2)18-15(5,9-17)10(3)4/h10H,6-7,9,17H2,1-5H3,(H,18,20). The Kier molecular flexibility index (Phi) is 5.46. The van der Waals surface area contributed by atoms with Crippen LogP contribution in [-0.2, 0) is 12.8 Å². The van der Waals surface area contributed by atoms with Gasteiger partial charge in [-0.05, 0) is 31.2 Å². The van der Waals surface area contributed by atoms with E-state index in [4.69, 9.17) is 5.73 Å². The Bertz CT molecular complexity index is 504. The number of nitrogens with one attached hydrogen (secondary N) is 1. The van der Waals surface area contributed by atoms with E-state index < -0.39 is 0 Å². The molecule has 0 spiro atoms. The van der Waals surface area contributed by atoms with Crippen molar-refractivity contribution in [1.82, 2.24) is 10.2 Å². The number of aryl methyl sites for hydroxylation is 1. The van der Waals surface area contributed by atoms with Crippen LogP contribution in [0, 0.1) is 17.2 Å². The van der Waals surface area contributed by atoms with Gasteiger partial charge in [-0.15, -0.1) is 5.10 Å². The van der Waals surface area contributed by atoms with Crippen molar-refractivity contribution >= 4 is 5.82 Å². The molecule has 1 aromatic rings. The summed E-state index contributed by atoms with van der Waals surface area (Å²) in [4.78, 5) is 0. The Morgan fingerprint density at radius 3 is 2.35 bits per heavy atom. The third-order valence-electron chi connectivity index (χ3n) is 4.06. The predicted octanol–water partition coefficient (Wildman–Crippen LogP) is 2.26. The van der Waals surface area contributed by atoms with E-state index in [1.165, 1.54) is 0 Å². The minimum absolute atomic E-state index is 0.307. The smallest absolute Gasteiger partial charge is 0.167 e. The molecule has 20 heavy (non-hydrogen) atoms. The van der Waals surface area contributed by atoms with Gasteiger partial charge in [0.25, 0.3) is 0 Å². The molecule has 0 aliphatic heterocycles. The van der Waals surface area contributed by atoms with E-state index in [1.807, 2.05) is 20.8 Å². The first kappa shape index (κ1) is 16.4. The summed E-state index contributed by atoms with van der Waals surface area (Å²) in [5.74, 6) is 0.861. The highest BCUT2D eigenvalue weighted by molar-refractivity contribution is 5.57. The van der Waals surface area contributed by atoms with Crippen molar-refractivity contribution in [2.24, 2.45) is 11.7 Å². The van der Waals surface area contributed by atoms with Crippen molar-refractivity contribution in [2.75, 3.05) is 11.9 Å². The van der Waals surface area contributed by atoms with Crippen molar-refractivity contribution in [1.29, 1.82) is 5.26 Å². The van der Waals surface area contributed by atoms with Gasteiger partial charge in [-0.2, -0.15) is 10.4 Å². The minimum atomic E-state index is -0.307. The van der Waals surface area contributed by atoms with Crippen molar-refractivity contribution in [3.63, 3.8) is 0 Å². The number of anilines is 1. The maximum atomic E-state index is 9.47. The Balaban J connectivity index is 3.30. The first-order valence-corrected chi connectivity index (χ1v) is 7.20. The first-order valence-electron chi connectivity index (χ1n) is 7.20. The molecule has 0 amide bonds. The van der Waals surface area contributed by atoms with E-state index in [0.29, 0.717) is 23.8 Å². The largest absolute Gasteiger partial charge is 0.361 e. The molecule has 0 aromatic carbocycles. The molecule has 1 unspecified atom stereocenters. The molecule has 0 fully saturated rings. The molecule has 0 aliphatic rings. The molecule has 5 heteroatoms. The van der Waals surface area contributed by atoms with Crippen LogP contribution < -0.4 is 11.1 Å². The summed E-state index contributed by atoms with van der Waals surface area (Å²) < 4.78 is 0. The molecule has 0 bridgehead atoms. The fraction of sp³-hybridized carbons (Fsp3) is 0.667.